The van der Waals surface area contributed by atoms with Crippen LogP contribution >= 0.6 is 11.6 Å². The van der Waals surface area contributed by atoms with E-state index >= 15 is 0 Å². The molecular weight excluding hydrogens is 409 g/mol. The quantitative estimate of drug-likeness (QED) is 0.561. The van der Waals surface area contributed by atoms with Gasteiger partial charge in [-0.1, -0.05) is 41.9 Å². The van der Waals surface area contributed by atoms with Crippen molar-refractivity contribution in [3.8, 4) is 0 Å². The normalized spacial score (nSPS) is 11.8. The summed E-state index contributed by atoms with van der Waals surface area (Å²) < 4.78 is 44.2. The molecule has 5 nitrogen and oxygen atoms in total. The molecule has 0 spiro atoms. The predicted octanol–water partition coefficient (Wildman–Crippen LogP) is 5.25. The van der Waals surface area contributed by atoms with Crippen molar-refractivity contribution in [2.45, 2.75) is 25.8 Å². The molecule has 0 radical (unpaired) electrons. The molecule has 0 amide bonds. The summed E-state index contributed by atoms with van der Waals surface area (Å²) in [5.41, 5.74) is 0.324. The molecule has 0 fully saturated rings. The van der Waals surface area contributed by atoms with E-state index in [9.17, 15) is 18.0 Å². The molecule has 3 aromatic rings. The molecule has 29 heavy (non-hydrogen) atoms. The van der Waals surface area contributed by atoms with E-state index in [0.717, 1.165) is 24.0 Å². The second kappa shape index (κ2) is 8.67. The molecular formula is C20H16ClF3N2O3. The minimum atomic E-state index is -4.44. The number of nitrogens with zero attached hydrogens (tertiary/aromatic N) is 2. The van der Waals surface area contributed by atoms with Crippen molar-refractivity contribution in [1.29, 1.82) is 0 Å². The topological polar surface area (TPSA) is 66.6 Å². The summed E-state index contributed by atoms with van der Waals surface area (Å²) in [5, 5.41) is 9.52. The van der Waals surface area contributed by atoms with E-state index in [0.29, 0.717) is 17.1 Å². The molecule has 3 rings (SSSR count). The lowest BCUT2D eigenvalue weighted by molar-refractivity contribution is -0.137. The Hall–Kier alpha value is -2.84. The molecule has 0 aliphatic carbocycles. The van der Waals surface area contributed by atoms with Gasteiger partial charge in [-0.25, -0.2) is 9.78 Å². The lowest BCUT2D eigenvalue weighted by Crippen LogP contribution is -2.23. The third-order valence-electron chi connectivity index (χ3n) is 4.09. The summed E-state index contributed by atoms with van der Waals surface area (Å²) in [6, 6.07) is 12.1. The van der Waals surface area contributed by atoms with Gasteiger partial charge >= 0.3 is 12.1 Å². The van der Waals surface area contributed by atoms with Crippen LogP contribution in [0, 0.1) is 0 Å². The van der Waals surface area contributed by atoms with Crippen molar-refractivity contribution < 1.29 is 27.5 Å². The first-order valence-corrected chi connectivity index (χ1v) is 8.89. The van der Waals surface area contributed by atoms with Crippen molar-refractivity contribution in [3.05, 3.63) is 88.1 Å². The fourth-order valence-electron chi connectivity index (χ4n) is 2.84. The van der Waals surface area contributed by atoms with Gasteiger partial charge in [-0.05, 0) is 29.3 Å². The minimum absolute atomic E-state index is 0.107. The van der Waals surface area contributed by atoms with Gasteiger partial charge in [0.2, 0.25) is 5.89 Å². The van der Waals surface area contributed by atoms with E-state index in [4.69, 9.17) is 21.1 Å². The van der Waals surface area contributed by atoms with Crippen LogP contribution in [-0.4, -0.2) is 21.0 Å². The van der Waals surface area contributed by atoms with Gasteiger partial charge in [0.05, 0.1) is 12.1 Å². The molecule has 1 aromatic heterocycles. The first-order chi connectivity index (χ1) is 13.7. The average Bonchev–Trinajstić information content (AvgIpc) is 3.10. The highest BCUT2D eigenvalue weighted by Crippen LogP contribution is 2.30. The van der Waals surface area contributed by atoms with Crippen LogP contribution in [0.4, 0.5) is 13.2 Å². The first kappa shape index (κ1) is 20.9. The zero-order valence-electron chi connectivity index (χ0n) is 15.0. The van der Waals surface area contributed by atoms with E-state index in [2.05, 4.69) is 4.98 Å². The van der Waals surface area contributed by atoms with Crippen LogP contribution in [0.5, 0.6) is 0 Å². The third-order valence-corrected chi connectivity index (χ3v) is 4.32. The third kappa shape index (κ3) is 5.82. The highest BCUT2D eigenvalue weighted by molar-refractivity contribution is 6.30. The number of oxazole rings is 1. The Labute approximate surface area is 169 Å². The van der Waals surface area contributed by atoms with E-state index < -0.39 is 17.7 Å². The summed E-state index contributed by atoms with van der Waals surface area (Å²) in [5.74, 6) is -1.07. The fraction of sp³-hybridized carbons (Fsp3) is 0.200. The summed E-state index contributed by atoms with van der Waals surface area (Å²) in [6.45, 7) is 0.624. The number of carbonyl (C=O) groups is 1. The number of alkyl halides is 3. The van der Waals surface area contributed by atoms with Crippen LogP contribution in [0.3, 0.4) is 0 Å². The summed E-state index contributed by atoms with van der Waals surface area (Å²) >= 11 is 6.02. The second-order valence-electron chi connectivity index (χ2n) is 6.40. The molecule has 0 bridgehead atoms. The molecule has 9 heteroatoms. The molecule has 0 saturated heterocycles. The number of carboxylic acid groups (broad SMARTS) is 1. The van der Waals surface area contributed by atoms with Gasteiger partial charge < -0.3 is 9.52 Å². The number of carboxylic acids is 1. The molecule has 0 aliphatic rings. The number of aromatic nitrogens is 1. The highest BCUT2D eigenvalue weighted by atomic mass is 35.5. The Bertz CT molecular complexity index is 1000. The van der Waals surface area contributed by atoms with Crippen molar-refractivity contribution in [2.75, 3.05) is 0 Å². The maximum absolute atomic E-state index is 13.0. The smallest absolute Gasteiger partial charge is 0.416 e. The Kier molecular flexibility index (Phi) is 6.24. The van der Waals surface area contributed by atoms with Gasteiger partial charge in [-0.2, -0.15) is 13.2 Å². The lowest BCUT2D eigenvalue weighted by Gasteiger charge is -2.21. The number of hydrogen-bond acceptors (Lipinski definition) is 4. The molecule has 1 N–H and O–H groups in total. The summed E-state index contributed by atoms with van der Waals surface area (Å²) in [4.78, 5) is 16.7. The highest BCUT2D eigenvalue weighted by Gasteiger charge is 2.30. The van der Waals surface area contributed by atoms with Gasteiger partial charge in [-0.3, -0.25) is 4.90 Å². The van der Waals surface area contributed by atoms with Crippen molar-refractivity contribution >= 4 is 17.6 Å². The van der Waals surface area contributed by atoms with Crippen molar-refractivity contribution in [2.24, 2.45) is 0 Å². The number of halogens is 4. The molecule has 0 atom stereocenters. The molecule has 0 unspecified atom stereocenters. The summed E-state index contributed by atoms with van der Waals surface area (Å²) in [7, 11) is 0. The van der Waals surface area contributed by atoms with E-state index in [1.165, 1.54) is 6.07 Å². The van der Waals surface area contributed by atoms with Crippen LogP contribution in [0.2, 0.25) is 5.02 Å². The predicted molar refractivity (Wildman–Crippen MR) is 99.3 cm³/mol. The first-order valence-electron chi connectivity index (χ1n) is 8.51. The zero-order valence-corrected chi connectivity index (χ0v) is 15.7. The van der Waals surface area contributed by atoms with Crippen LogP contribution in [0.15, 0.2) is 59.2 Å². The van der Waals surface area contributed by atoms with Gasteiger partial charge in [0.1, 0.15) is 6.26 Å². The molecule has 0 aliphatic heterocycles. The Morgan fingerprint density at radius 2 is 1.72 bits per heavy atom. The van der Waals surface area contributed by atoms with Gasteiger partial charge in [0.15, 0.2) is 5.69 Å². The van der Waals surface area contributed by atoms with E-state index in [1.807, 2.05) is 6.07 Å². The number of rotatable bonds is 7. The second-order valence-corrected chi connectivity index (χ2v) is 6.84. The standard InChI is InChI=1S/C20H16ClF3N2O3/c21-16-6-2-4-14(8-16)10-26(11-18-25-17(12-29-18)19(27)28)9-13-3-1-5-15(7-13)20(22,23)24/h1-8,12H,9-11H2,(H,27,28). The van der Waals surface area contributed by atoms with Gasteiger partial charge in [-0.15, -0.1) is 0 Å². The van der Waals surface area contributed by atoms with Crippen LogP contribution in [0.25, 0.3) is 0 Å². The maximum atomic E-state index is 13.0. The van der Waals surface area contributed by atoms with E-state index in [1.54, 1.807) is 29.2 Å². The van der Waals surface area contributed by atoms with Crippen LogP contribution < -0.4 is 0 Å². The van der Waals surface area contributed by atoms with Crippen LogP contribution in [0.1, 0.15) is 33.1 Å². The Morgan fingerprint density at radius 3 is 2.31 bits per heavy atom. The largest absolute Gasteiger partial charge is 0.476 e. The molecule has 2 aromatic carbocycles. The monoisotopic (exact) mass is 424 g/mol. The minimum Gasteiger partial charge on any atom is -0.476 e. The number of hydrogen-bond donors (Lipinski definition) is 1. The SMILES string of the molecule is O=C(O)c1coc(CN(Cc2cccc(Cl)c2)Cc2cccc(C(F)(F)F)c2)n1. The number of benzene rings is 2. The Balaban J connectivity index is 1.84. The van der Waals surface area contributed by atoms with Crippen molar-refractivity contribution in [1.82, 2.24) is 9.88 Å². The van der Waals surface area contributed by atoms with E-state index in [-0.39, 0.29) is 24.7 Å². The molecule has 1 heterocycles. The average molecular weight is 425 g/mol. The summed E-state index contributed by atoms with van der Waals surface area (Å²) in [6.07, 6.45) is -3.41. The van der Waals surface area contributed by atoms with Crippen molar-refractivity contribution in [3.63, 3.8) is 0 Å². The van der Waals surface area contributed by atoms with Crippen LogP contribution in [-0.2, 0) is 25.8 Å². The van der Waals surface area contributed by atoms with Gasteiger partial charge in [0, 0.05) is 18.1 Å². The number of aromatic carboxylic acids is 1. The zero-order chi connectivity index (χ0) is 21.0. The van der Waals surface area contributed by atoms with Gasteiger partial charge in [0.25, 0.3) is 0 Å². The fourth-order valence-corrected chi connectivity index (χ4v) is 3.05. The lowest BCUT2D eigenvalue weighted by atomic mass is 10.1. The Morgan fingerprint density at radius 1 is 1.07 bits per heavy atom. The maximum Gasteiger partial charge on any atom is 0.416 e. The molecule has 0 saturated carbocycles. The molecule has 152 valence electrons.